The summed E-state index contributed by atoms with van der Waals surface area (Å²) in [7, 11) is 0. The van der Waals surface area contributed by atoms with E-state index in [-0.39, 0.29) is 0 Å². The fraction of sp³-hybridized carbons (Fsp3) is 0.250. The fourth-order valence-electron chi connectivity index (χ4n) is 10.5. The Kier molecular flexibility index (Phi) is 9.95. The van der Waals surface area contributed by atoms with Gasteiger partial charge in [0.1, 0.15) is 0 Å². The van der Waals surface area contributed by atoms with Gasteiger partial charge in [0.15, 0.2) is 0 Å². The summed E-state index contributed by atoms with van der Waals surface area (Å²) in [6, 6.07) is 53.4. The minimum atomic E-state index is 0.475. The molecule has 0 aliphatic heterocycles. The number of rotatable bonds is 8. The van der Waals surface area contributed by atoms with E-state index < -0.39 is 0 Å². The van der Waals surface area contributed by atoms with Gasteiger partial charge in [-0.25, -0.2) is 0 Å². The summed E-state index contributed by atoms with van der Waals surface area (Å²) < 4.78 is 0. The van der Waals surface area contributed by atoms with Crippen LogP contribution in [-0.4, -0.2) is 0 Å². The summed E-state index contributed by atoms with van der Waals surface area (Å²) in [4.78, 5) is 4.86. The quantitative estimate of drug-likeness (QED) is 0.144. The van der Waals surface area contributed by atoms with Crippen LogP contribution in [-0.2, 0) is 0 Å². The van der Waals surface area contributed by atoms with E-state index in [4.69, 9.17) is 0 Å². The van der Waals surface area contributed by atoms with Gasteiger partial charge in [-0.1, -0.05) is 98.2 Å². The Morgan fingerprint density at radius 3 is 1.05 bits per heavy atom. The number of anilines is 6. The van der Waals surface area contributed by atoms with Gasteiger partial charge in [0.05, 0.1) is 34.6 Å². The van der Waals surface area contributed by atoms with E-state index in [1.807, 2.05) is 24.3 Å². The predicted octanol–water partition coefficient (Wildman–Crippen LogP) is 16.0. The average Bonchev–Trinajstić information content (AvgIpc) is 3.31. The van der Waals surface area contributed by atoms with Crippen LogP contribution in [0.15, 0.2) is 133 Å². The third-order valence-corrected chi connectivity index (χ3v) is 13.6. The summed E-state index contributed by atoms with van der Waals surface area (Å²) >= 11 is 0. The third kappa shape index (κ3) is 6.71. The Morgan fingerprint density at radius 1 is 0.400 bits per heavy atom. The highest BCUT2D eigenvalue weighted by Gasteiger charge is 2.29. The smallest absolute Gasteiger partial charge is 0.0991 e. The van der Waals surface area contributed by atoms with Crippen LogP contribution in [0.25, 0.3) is 32.3 Å². The summed E-state index contributed by atoms with van der Waals surface area (Å²) in [5.41, 5.74) is 13.3. The van der Waals surface area contributed by atoms with Gasteiger partial charge in [0.25, 0.3) is 0 Å². The van der Waals surface area contributed by atoms with E-state index in [0.29, 0.717) is 23.0 Å². The molecular weight excluding hydrogens is 729 g/mol. The van der Waals surface area contributed by atoms with Crippen molar-refractivity contribution < 1.29 is 0 Å². The number of nitriles is 2. The molecule has 0 radical (unpaired) electrons. The molecule has 0 atom stereocenters. The zero-order chi connectivity index (χ0) is 40.7. The minimum absolute atomic E-state index is 0.475. The van der Waals surface area contributed by atoms with Crippen LogP contribution in [0.1, 0.15) is 109 Å². The van der Waals surface area contributed by atoms with E-state index in [1.54, 1.807) is 0 Å². The van der Waals surface area contributed by atoms with Gasteiger partial charge in [-0.15, -0.1) is 0 Å². The fourth-order valence-corrected chi connectivity index (χ4v) is 10.5. The number of benzene rings is 8. The van der Waals surface area contributed by atoms with E-state index in [9.17, 15) is 10.5 Å². The molecule has 4 heteroatoms. The molecule has 0 saturated heterocycles. The molecule has 2 saturated carbocycles. The lowest BCUT2D eigenvalue weighted by Gasteiger charge is -2.33. The molecule has 8 aromatic rings. The first-order valence-corrected chi connectivity index (χ1v) is 22.0. The first-order valence-electron chi connectivity index (χ1n) is 22.0. The normalized spacial score (nSPS) is 15.0. The summed E-state index contributed by atoms with van der Waals surface area (Å²) in [5.74, 6) is 0.950. The average molecular weight is 779 g/mol. The van der Waals surface area contributed by atoms with Gasteiger partial charge < -0.3 is 9.80 Å². The Labute approximate surface area is 354 Å². The van der Waals surface area contributed by atoms with Crippen LogP contribution in [0.2, 0.25) is 0 Å². The van der Waals surface area contributed by atoms with Crippen LogP contribution in [0, 0.1) is 36.5 Å². The monoisotopic (exact) mass is 778 g/mol. The highest BCUT2D eigenvalue weighted by Crippen LogP contribution is 2.53. The molecule has 0 amide bonds. The largest absolute Gasteiger partial charge is 0.310 e. The van der Waals surface area contributed by atoms with Crippen molar-refractivity contribution in [3.63, 3.8) is 0 Å². The number of aryl methyl sites for hydroxylation is 2. The standard InChI is InChI=1S/C56H50N4/c1-37-13-21-43(22-14-37)59(45-25-17-39(35-57)18-26-45)53-33-51(41-9-5-3-6-10-41)47-30-32-50-54(60(44-23-15-38(2)16-24-44)46-27-19-40(36-58)20-28-46)34-52(42-11-7-4-8-12-42)48-29-31-49(53)55(47)56(48)50/h13-34,41-42H,3-12H2,1-2H3. The lowest BCUT2D eigenvalue weighted by molar-refractivity contribution is 0.445. The van der Waals surface area contributed by atoms with Crippen molar-refractivity contribution in [3.05, 3.63) is 167 Å². The van der Waals surface area contributed by atoms with Crippen LogP contribution >= 0.6 is 0 Å². The van der Waals surface area contributed by atoms with Gasteiger partial charge in [0, 0.05) is 33.5 Å². The van der Waals surface area contributed by atoms with E-state index in [1.165, 1.54) is 130 Å². The van der Waals surface area contributed by atoms with Gasteiger partial charge in [-0.2, -0.15) is 10.5 Å². The summed E-state index contributed by atoms with van der Waals surface area (Å²) in [6.45, 7) is 4.29. The maximum Gasteiger partial charge on any atom is 0.0991 e. The van der Waals surface area contributed by atoms with Crippen molar-refractivity contribution in [2.75, 3.05) is 9.80 Å². The summed E-state index contributed by atoms with van der Waals surface area (Å²) in [5, 5.41) is 27.5. The SMILES string of the molecule is Cc1ccc(N(c2ccc(C#N)cc2)c2cc(C3CCCCC3)c3ccc4c(N(c5ccc(C)cc5)c5ccc(C#N)cc5)cc(C5CCCCC5)c5ccc2c3c54)cc1. The molecule has 60 heavy (non-hydrogen) atoms. The number of hydrogen-bond acceptors (Lipinski definition) is 4. The predicted molar refractivity (Wildman–Crippen MR) is 250 cm³/mol. The maximum absolute atomic E-state index is 9.79. The third-order valence-electron chi connectivity index (χ3n) is 13.6. The second-order valence-corrected chi connectivity index (χ2v) is 17.4. The topological polar surface area (TPSA) is 54.1 Å². The van der Waals surface area contributed by atoms with Crippen molar-refractivity contribution in [2.24, 2.45) is 0 Å². The van der Waals surface area contributed by atoms with Crippen molar-refractivity contribution in [3.8, 4) is 12.1 Å². The Morgan fingerprint density at radius 2 is 0.717 bits per heavy atom. The van der Waals surface area contributed by atoms with Crippen molar-refractivity contribution >= 4 is 66.4 Å². The van der Waals surface area contributed by atoms with Crippen molar-refractivity contribution in [1.29, 1.82) is 10.5 Å². The lowest BCUT2D eigenvalue weighted by atomic mass is 9.77. The van der Waals surface area contributed by atoms with E-state index in [2.05, 4.69) is 145 Å². The van der Waals surface area contributed by atoms with Crippen LogP contribution < -0.4 is 9.80 Å². The van der Waals surface area contributed by atoms with Crippen LogP contribution in [0.4, 0.5) is 34.1 Å². The molecule has 0 bridgehead atoms. The molecule has 0 N–H and O–H groups in total. The van der Waals surface area contributed by atoms with E-state index in [0.717, 1.165) is 22.7 Å². The Hall–Kier alpha value is -6.62. The number of nitrogens with zero attached hydrogens (tertiary/aromatic N) is 4. The zero-order valence-electron chi connectivity index (χ0n) is 34.7. The molecule has 2 fully saturated rings. The zero-order valence-corrected chi connectivity index (χ0v) is 34.7. The molecular formula is C56H50N4. The highest BCUT2D eigenvalue weighted by atomic mass is 15.1. The van der Waals surface area contributed by atoms with Gasteiger partial charge >= 0.3 is 0 Å². The van der Waals surface area contributed by atoms with E-state index >= 15 is 0 Å². The molecule has 0 unspecified atom stereocenters. The highest BCUT2D eigenvalue weighted by molar-refractivity contribution is 6.29. The van der Waals surface area contributed by atoms with Gasteiger partial charge in [-0.05, 0) is 169 Å². The Balaban J connectivity index is 1.33. The first kappa shape index (κ1) is 37.6. The molecule has 10 rings (SSSR count). The molecule has 2 aliphatic carbocycles. The molecule has 0 spiro atoms. The molecule has 4 nitrogen and oxygen atoms in total. The Bertz CT molecular complexity index is 2700. The molecule has 8 aromatic carbocycles. The van der Waals surface area contributed by atoms with Gasteiger partial charge in [-0.3, -0.25) is 0 Å². The van der Waals surface area contributed by atoms with Crippen LogP contribution in [0.3, 0.4) is 0 Å². The van der Waals surface area contributed by atoms with Crippen LogP contribution in [0.5, 0.6) is 0 Å². The number of hydrogen-bond donors (Lipinski definition) is 0. The second-order valence-electron chi connectivity index (χ2n) is 17.4. The molecule has 0 aromatic heterocycles. The first-order chi connectivity index (χ1) is 29.5. The maximum atomic E-state index is 9.79. The lowest BCUT2D eigenvalue weighted by Crippen LogP contribution is -2.14. The van der Waals surface area contributed by atoms with Crippen molar-refractivity contribution in [2.45, 2.75) is 89.9 Å². The van der Waals surface area contributed by atoms with Crippen molar-refractivity contribution in [1.82, 2.24) is 0 Å². The molecule has 0 heterocycles. The minimum Gasteiger partial charge on any atom is -0.310 e. The second kappa shape index (κ2) is 15.9. The summed E-state index contributed by atoms with van der Waals surface area (Å²) in [6.07, 6.45) is 12.4. The molecule has 2 aliphatic rings. The molecule has 294 valence electrons. The van der Waals surface area contributed by atoms with Gasteiger partial charge in [0.2, 0.25) is 0 Å².